The Hall–Kier alpha value is -1.84. The monoisotopic (exact) mass is 204 g/mol. The van der Waals surface area contributed by atoms with E-state index < -0.39 is 0 Å². The summed E-state index contributed by atoms with van der Waals surface area (Å²) in [5, 5.41) is 10.6. The number of nitro benzene ring substituents is 1. The topological polar surface area (TPSA) is 46.4 Å². The maximum atomic E-state index is 10.6. The lowest BCUT2D eigenvalue weighted by Gasteiger charge is -2.24. The maximum Gasteiger partial charge on any atom is 0.269 e. The van der Waals surface area contributed by atoms with Gasteiger partial charge >= 0.3 is 0 Å². The molecule has 4 heteroatoms. The zero-order valence-electron chi connectivity index (χ0n) is 8.51. The van der Waals surface area contributed by atoms with Gasteiger partial charge in [0.15, 0.2) is 0 Å². The Morgan fingerprint density at radius 1 is 1.53 bits per heavy atom. The molecule has 1 aliphatic rings. The van der Waals surface area contributed by atoms with Crippen LogP contribution < -0.4 is 4.90 Å². The molecule has 0 amide bonds. The number of allylic oxidation sites excluding steroid dienone is 1. The van der Waals surface area contributed by atoms with Crippen LogP contribution in [0.15, 0.2) is 30.5 Å². The molecule has 0 fully saturated rings. The molecule has 2 rings (SSSR count). The van der Waals surface area contributed by atoms with E-state index in [4.69, 9.17) is 0 Å². The largest absolute Gasteiger partial charge is 0.348 e. The lowest BCUT2D eigenvalue weighted by atomic mass is 10.0. The van der Waals surface area contributed by atoms with E-state index in [1.807, 2.05) is 18.3 Å². The first-order valence-electron chi connectivity index (χ1n) is 4.93. The number of nitro groups is 1. The molecule has 0 saturated carbocycles. The second kappa shape index (κ2) is 3.73. The van der Waals surface area contributed by atoms with Gasteiger partial charge < -0.3 is 4.90 Å². The molecule has 0 saturated heterocycles. The fourth-order valence-electron chi connectivity index (χ4n) is 1.79. The number of hydrogen-bond donors (Lipinski definition) is 0. The summed E-state index contributed by atoms with van der Waals surface area (Å²) in [7, 11) is 0. The summed E-state index contributed by atoms with van der Waals surface area (Å²) in [5.41, 5.74) is 2.26. The molecule has 0 radical (unpaired) electrons. The third kappa shape index (κ3) is 1.70. The van der Waals surface area contributed by atoms with Gasteiger partial charge in [-0.2, -0.15) is 0 Å². The fraction of sp³-hybridized carbons (Fsp3) is 0.273. The normalized spacial score (nSPS) is 13.8. The molecule has 78 valence electrons. The molecule has 0 aliphatic carbocycles. The predicted molar refractivity (Wildman–Crippen MR) is 59.0 cm³/mol. The van der Waals surface area contributed by atoms with Crippen LogP contribution in [0.1, 0.15) is 12.5 Å². The number of anilines is 1. The van der Waals surface area contributed by atoms with Crippen molar-refractivity contribution in [3.05, 3.63) is 46.2 Å². The molecular formula is C11H12N2O2. The van der Waals surface area contributed by atoms with Crippen LogP contribution in [0.4, 0.5) is 11.4 Å². The van der Waals surface area contributed by atoms with Crippen molar-refractivity contribution in [2.24, 2.45) is 0 Å². The van der Waals surface area contributed by atoms with Gasteiger partial charge in [0.1, 0.15) is 0 Å². The maximum absolute atomic E-state index is 10.6. The summed E-state index contributed by atoms with van der Waals surface area (Å²) >= 11 is 0. The molecule has 4 nitrogen and oxygen atoms in total. The van der Waals surface area contributed by atoms with Gasteiger partial charge in [0.25, 0.3) is 5.69 Å². The minimum absolute atomic E-state index is 0.167. The Labute approximate surface area is 88.0 Å². The number of benzene rings is 1. The Morgan fingerprint density at radius 3 is 3.00 bits per heavy atom. The van der Waals surface area contributed by atoms with Crippen molar-refractivity contribution >= 4 is 11.4 Å². The van der Waals surface area contributed by atoms with Gasteiger partial charge in [-0.3, -0.25) is 10.1 Å². The molecule has 1 aromatic carbocycles. The Morgan fingerprint density at radius 2 is 2.33 bits per heavy atom. The van der Waals surface area contributed by atoms with Crippen LogP contribution in [-0.2, 0) is 6.42 Å². The summed E-state index contributed by atoms with van der Waals surface area (Å²) in [6.45, 7) is 2.93. The van der Waals surface area contributed by atoms with Gasteiger partial charge in [0.05, 0.1) is 4.92 Å². The second-order valence-corrected chi connectivity index (χ2v) is 3.45. The first kappa shape index (κ1) is 9.71. The molecular weight excluding hydrogens is 192 g/mol. The molecule has 0 N–H and O–H groups in total. The van der Waals surface area contributed by atoms with Crippen LogP contribution in [0.5, 0.6) is 0 Å². The van der Waals surface area contributed by atoms with Gasteiger partial charge in [-0.1, -0.05) is 6.08 Å². The Kier molecular flexibility index (Phi) is 2.41. The zero-order valence-corrected chi connectivity index (χ0v) is 8.51. The van der Waals surface area contributed by atoms with Crippen LogP contribution in [0.3, 0.4) is 0 Å². The molecule has 0 unspecified atom stereocenters. The summed E-state index contributed by atoms with van der Waals surface area (Å²) in [4.78, 5) is 12.3. The van der Waals surface area contributed by atoms with E-state index in [9.17, 15) is 10.1 Å². The first-order chi connectivity index (χ1) is 7.22. The van der Waals surface area contributed by atoms with Gasteiger partial charge in [0.2, 0.25) is 0 Å². The van der Waals surface area contributed by atoms with E-state index in [0.717, 1.165) is 24.2 Å². The lowest BCUT2D eigenvalue weighted by molar-refractivity contribution is -0.384. The number of rotatable bonds is 2. The minimum Gasteiger partial charge on any atom is -0.348 e. The van der Waals surface area contributed by atoms with Crippen molar-refractivity contribution in [3.8, 4) is 0 Å². The van der Waals surface area contributed by atoms with Crippen molar-refractivity contribution < 1.29 is 4.92 Å². The van der Waals surface area contributed by atoms with E-state index in [2.05, 4.69) is 11.8 Å². The van der Waals surface area contributed by atoms with Crippen molar-refractivity contribution in [1.29, 1.82) is 0 Å². The molecule has 1 heterocycles. The van der Waals surface area contributed by atoms with Gasteiger partial charge in [-0.05, 0) is 25.0 Å². The van der Waals surface area contributed by atoms with Gasteiger partial charge in [-0.15, -0.1) is 0 Å². The Bertz CT molecular complexity index is 427. The average Bonchev–Trinajstić information content (AvgIpc) is 2.27. The highest BCUT2D eigenvalue weighted by Gasteiger charge is 2.15. The van der Waals surface area contributed by atoms with Crippen molar-refractivity contribution in [2.75, 3.05) is 11.4 Å². The van der Waals surface area contributed by atoms with E-state index in [1.54, 1.807) is 12.1 Å². The van der Waals surface area contributed by atoms with Crippen LogP contribution in [0.2, 0.25) is 0 Å². The second-order valence-electron chi connectivity index (χ2n) is 3.45. The Balaban J connectivity index is 2.43. The highest BCUT2D eigenvalue weighted by molar-refractivity contribution is 5.62. The smallest absolute Gasteiger partial charge is 0.269 e. The third-order valence-corrected chi connectivity index (χ3v) is 2.55. The van der Waals surface area contributed by atoms with Gasteiger partial charge in [0, 0.05) is 30.6 Å². The van der Waals surface area contributed by atoms with Crippen LogP contribution in [-0.4, -0.2) is 11.5 Å². The van der Waals surface area contributed by atoms with Crippen molar-refractivity contribution in [1.82, 2.24) is 0 Å². The summed E-state index contributed by atoms with van der Waals surface area (Å²) in [6.07, 6.45) is 4.82. The van der Waals surface area contributed by atoms with Crippen molar-refractivity contribution in [3.63, 3.8) is 0 Å². The zero-order chi connectivity index (χ0) is 10.8. The summed E-state index contributed by atoms with van der Waals surface area (Å²) in [5.74, 6) is 0. The molecule has 15 heavy (non-hydrogen) atoms. The lowest BCUT2D eigenvalue weighted by Crippen LogP contribution is -2.19. The van der Waals surface area contributed by atoms with Gasteiger partial charge in [-0.25, -0.2) is 0 Å². The standard InChI is InChI=1S/C11H12N2O2/c1-2-12-7-3-4-9-8-10(13(14)15)5-6-11(9)12/h3,5-8H,2,4H2,1H3. The number of fused-ring (bicyclic) bond motifs is 1. The molecule has 1 aromatic rings. The number of hydrogen-bond acceptors (Lipinski definition) is 3. The summed E-state index contributed by atoms with van der Waals surface area (Å²) < 4.78 is 0. The molecule has 0 bridgehead atoms. The quantitative estimate of drug-likeness (QED) is 0.549. The van der Waals surface area contributed by atoms with Crippen LogP contribution in [0, 0.1) is 10.1 Å². The SMILES string of the molecule is CCN1C=CCc2cc([N+](=O)[O-])ccc21. The fourth-order valence-corrected chi connectivity index (χ4v) is 1.79. The minimum atomic E-state index is -0.352. The number of nitrogens with zero attached hydrogens (tertiary/aromatic N) is 2. The van der Waals surface area contributed by atoms with Crippen molar-refractivity contribution in [2.45, 2.75) is 13.3 Å². The van der Waals surface area contributed by atoms with E-state index in [0.29, 0.717) is 0 Å². The molecule has 0 spiro atoms. The summed E-state index contributed by atoms with van der Waals surface area (Å²) in [6, 6.07) is 5.03. The molecule has 0 atom stereocenters. The highest BCUT2D eigenvalue weighted by atomic mass is 16.6. The highest BCUT2D eigenvalue weighted by Crippen LogP contribution is 2.28. The third-order valence-electron chi connectivity index (χ3n) is 2.55. The average molecular weight is 204 g/mol. The molecule has 0 aromatic heterocycles. The number of non-ortho nitro benzene ring substituents is 1. The van der Waals surface area contributed by atoms with Crippen LogP contribution >= 0.6 is 0 Å². The van der Waals surface area contributed by atoms with E-state index >= 15 is 0 Å². The molecule has 1 aliphatic heterocycles. The predicted octanol–water partition coefficient (Wildman–Crippen LogP) is 2.49. The van der Waals surface area contributed by atoms with Crippen LogP contribution in [0.25, 0.3) is 0 Å². The van der Waals surface area contributed by atoms with E-state index in [-0.39, 0.29) is 10.6 Å². The van der Waals surface area contributed by atoms with E-state index in [1.165, 1.54) is 0 Å². The first-order valence-corrected chi connectivity index (χ1v) is 4.93.